The second-order valence-electron chi connectivity index (χ2n) is 5.84. The van der Waals surface area contributed by atoms with Gasteiger partial charge in [0.15, 0.2) is 0 Å². The first-order chi connectivity index (χ1) is 10.2. The average Bonchev–Trinajstić information content (AvgIpc) is 2.89. The Morgan fingerprint density at radius 3 is 2.52 bits per heavy atom. The van der Waals surface area contributed by atoms with Gasteiger partial charge in [-0.05, 0) is 65.6 Å². The number of benzene rings is 2. The van der Waals surface area contributed by atoms with Gasteiger partial charge in [0.05, 0.1) is 0 Å². The fourth-order valence-corrected chi connectivity index (χ4v) is 3.80. The molecule has 0 saturated carbocycles. The van der Waals surface area contributed by atoms with Crippen molar-refractivity contribution in [1.29, 1.82) is 0 Å². The van der Waals surface area contributed by atoms with E-state index in [1.165, 1.54) is 57.1 Å². The summed E-state index contributed by atoms with van der Waals surface area (Å²) in [5, 5.41) is 0. The second kappa shape index (κ2) is 6.19. The van der Waals surface area contributed by atoms with Gasteiger partial charge in [-0.2, -0.15) is 0 Å². The van der Waals surface area contributed by atoms with Crippen molar-refractivity contribution < 1.29 is 0 Å². The molecule has 21 heavy (non-hydrogen) atoms. The molecule has 2 aromatic rings. The van der Waals surface area contributed by atoms with E-state index in [9.17, 15) is 0 Å². The van der Waals surface area contributed by atoms with Crippen molar-refractivity contribution in [2.45, 2.75) is 39.5 Å². The summed E-state index contributed by atoms with van der Waals surface area (Å²) >= 11 is 3.69. The molecule has 1 aliphatic carbocycles. The van der Waals surface area contributed by atoms with Gasteiger partial charge in [-0.15, -0.1) is 0 Å². The van der Waals surface area contributed by atoms with E-state index >= 15 is 0 Å². The fourth-order valence-electron chi connectivity index (χ4n) is 3.12. The Bertz CT molecular complexity index is 678. The first kappa shape index (κ1) is 14.6. The van der Waals surface area contributed by atoms with E-state index in [0.29, 0.717) is 0 Å². The van der Waals surface area contributed by atoms with Crippen molar-refractivity contribution in [2.75, 3.05) is 0 Å². The normalized spacial score (nSPS) is 13.2. The number of aryl methyl sites for hydroxylation is 1. The second-order valence-corrected chi connectivity index (χ2v) is 6.69. The SMILES string of the molecule is CCCCc1ccc(-c2ccc(Br)c3c2CC=C3C)cc1. The summed E-state index contributed by atoms with van der Waals surface area (Å²) in [4.78, 5) is 0. The third kappa shape index (κ3) is 2.85. The summed E-state index contributed by atoms with van der Waals surface area (Å²) in [5.41, 5.74) is 8.40. The monoisotopic (exact) mass is 340 g/mol. The van der Waals surface area contributed by atoms with Crippen LogP contribution in [-0.2, 0) is 12.8 Å². The molecule has 0 saturated heterocycles. The summed E-state index contributed by atoms with van der Waals surface area (Å²) in [6, 6.07) is 13.6. The van der Waals surface area contributed by atoms with Gasteiger partial charge in [-0.3, -0.25) is 0 Å². The van der Waals surface area contributed by atoms with Gasteiger partial charge in [0.2, 0.25) is 0 Å². The molecule has 0 heterocycles. The highest BCUT2D eigenvalue weighted by molar-refractivity contribution is 9.10. The van der Waals surface area contributed by atoms with E-state index in [1.807, 2.05) is 0 Å². The molecule has 0 nitrogen and oxygen atoms in total. The zero-order chi connectivity index (χ0) is 14.8. The maximum absolute atomic E-state index is 3.69. The average molecular weight is 341 g/mol. The lowest BCUT2D eigenvalue weighted by molar-refractivity contribution is 0.795. The maximum Gasteiger partial charge on any atom is 0.0253 e. The molecule has 108 valence electrons. The predicted octanol–water partition coefficient (Wildman–Crippen LogP) is 6.42. The van der Waals surface area contributed by atoms with Crippen LogP contribution in [0.2, 0.25) is 0 Å². The lowest BCUT2D eigenvalue weighted by Gasteiger charge is -2.12. The predicted molar refractivity (Wildman–Crippen MR) is 95.5 cm³/mol. The molecule has 1 heteroatoms. The number of halogens is 1. The number of hydrogen-bond acceptors (Lipinski definition) is 0. The molecule has 0 bridgehead atoms. The molecule has 3 rings (SSSR count). The summed E-state index contributed by atoms with van der Waals surface area (Å²) < 4.78 is 1.21. The van der Waals surface area contributed by atoms with E-state index in [0.717, 1.165) is 6.42 Å². The van der Waals surface area contributed by atoms with Crippen LogP contribution in [0.1, 0.15) is 43.4 Å². The zero-order valence-corrected chi connectivity index (χ0v) is 14.3. The first-order valence-corrected chi connectivity index (χ1v) is 8.58. The van der Waals surface area contributed by atoms with Crippen LogP contribution in [-0.4, -0.2) is 0 Å². The Balaban J connectivity index is 1.95. The van der Waals surface area contributed by atoms with Gasteiger partial charge in [-0.1, -0.05) is 65.7 Å². The minimum Gasteiger partial charge on any atom is -0.0765 e. The van der Waals surface area contributed by atoms with Crippen molar-refractivity contribution in [3.63, 3.8) is 0 Å². The number of fused-ring (bicyclic) bond motifs is 1. The Morgan fingerprint density at radius 1 is 1.05 bits per heavy atom. The van der Waals surface area contributed by atoms with Crippen LogP contribution in [0.15, 0.2) is 46.9 Å². The highest BCUT2D eigenvalue weighted by atomic mass is 79.9. The van der Waals surface area contributed by atoms with Crippen LogP contribution in [0.4, 0.5) is 0 Å². The van der Waals surface area contributed by atoms with Crippen LogP contribution in [0, 0.1) is 0 Å². The number of allylic oxidation sites excluding steroid dienone is 2. The quantitative estimate of drug-likeness (QED) is 0.602. The standard InChI is InChI=1S/C20H21Br/c1-3-4-5-15-7-9-16(10-8-15)17-12-13-19(21)20-14(2)6-11-18(17)20/h6-10,12-13H,3-5,11H2,1-2H3. The molecular formula is C20H21Br. The van der Waals surface area contributed by atoms with Crippen molar-refractivity contribution in [1.82, 2.24) is 0 Å². The zero-order valence-electron chi connectivity index (χ0n) is 12.7. The lowest BCUT2D eigenvalue weighted by atomic mass is 9.94. The Kier molecular flexibility index (Phi) is 4.30. The largest absolute Gasteiger partial charge is 0.0765 e. The molecule has 0 radical (unpaired) electrons. The third-order valence-corrected chi connectivity index (χ3v) is 5.01. The Morgan fingerprint density at radius 2 is 1.81 bits per heavy atom. The summed E-state index contributed by atoms with van der Waals surface area (Å²) in [7, 11) is 0. The minimum atomic E-state index is 1.05. The van der Waals surface area contributed by atoms with E-state index in [4.69, 9.17) is 0 Å². The number of hydrogen-bond donors (Lipinski definition) is 0. The minimum absolute atomic E-state index is 1.05. The van der Waals surface area contributed by atoms with Gasteiger partial charge in [-0.25, -0.2) is 0 Å². The lowest BCUT2D eigenvalue weighted by Crippen LogP contribution is -1.92. The Labute approximate surface area is 136 Å². The van der Waals surface area contributed by atoms with Crippen LogP contribution in [0.5, 0.6) is 0 Å². The molecule has 0 fully saturated rings. The van der Waals surface area contributed by atoms with E-state index in [2.05, 4.69) is 72.3 Å². The molecular weight excluding hydrogens is 320 g/mol. The molecule has 0 spiro atoms. The summed E-state index contributed by atoms with van der Waals surface area (Å²) in [6.45, 7) is 4.45. The first-order valence-electron chi connectivity index (χ1n) is 7.78. The highest BCUT2D eigenvalue weighted by Crippen LogP contribution is 2.39. The van der Waals surface area contributed by atoms with Gasteiger partial charge >= 0.3 is 0 Å². The van der Waals surface area contributed by atoms with Gasteiger partial charge in [0, 0.05) is 4.47 Å². The smallest absolute Gasteiger partial charge is 0.0253 e. The van der Waals surface area contributed by atoms with Crippen molar-refractivity contribution in [3.05, 3.63) is 63.6 Å². The van der Waals surface area contributed by atoms with Crippen molar-refractivity contribution in [2.24, 2.45) is 0 Å². The van der Waals surface area contributed by atoms with E-state index < -0.39 is 0 Å². The topological polar surface area (TPSA) is 0 Å². The van der Waals surface area contributed by atoms with Crippen LogP contribution in [0.3, 0.4) is 0 Å². The van der Waals surface area contributed by atoms with Gasteiger partial charge in [0.25, 0.3) is 0 Å². The van der Waals surface area contributed by atoms with Gasteiger partial charge < -0.3 is 0 Å². The summed E-state index contributed by atoms with van der Waals surface area (Å²) in [6.07, 6.45) is 7.10. The maximum atomic E-state index is 3.69. The van der Waals surface area contributed by atoms with Crippen LogP contribution in [0.25, 0.3) is 16.7 Å². The number of rotatable bonds is 4. The van der Waals surface area contributed by atoms with Crippen LogP contribution >= 0.6 is 15.9 Å². The van der Waals surface area contributed by atoms with E-state index in [-0.39, 0.29) is 0 Å². The molecule has 1 aliphatic rings. The third-order valence-electron chi connectivity index (χ3n) is 4.35. The molecule has 0 aliphatic heterocycles. The highest BCUT2D eigenvalue weighted by Gasteiger charge is 2.18. The molecule has 0 atom stereocenters. The van der Waals surface area contributed by atoms with Gasteiger partial charge in [0.1, 0.15) is 0 Å². The molecule has 0 amide bonds. The van der Waals surface area contributed by atoms with Crippen molar-refractivity contribution in [3.8, 4) is 11.1 Å². The van der Waals surface area contributed by atoms with Crippen LogP contribution < -0.4 is 0 Å². The Hall–Kier alpha value is -1.34. The van der Waals surface area contributed by atoms with E-state index in [1.54, 1.807) is 0 Å². The molecule has 2 aromatic carbocycles. The van der Waals surface area contributed by atoms with Crippen molar-refractivity contribution >= 4 is 21.5 Å². The summed E-state index contributed by atoms with van der Waals surface area (Å²) in [5.74, 6) is 0. The number of unbranched alkanes of at least 4 members (excludes halogenated alkanes) is 1. The molecule has 0 aromatic heterocycles. The molecule has 0 N–H and O–H groups in total. The fraction of sp³-hybridized carbons (Fsp3) is 0.300. The molecule has 0 unspecified atom stereocenters.